The number of anilines is 1. The fourth-order valence-corrected chi connectivity index (χ4v) is 3.66. The normalized spacial score (nSPS) is 12.7. The number of rotatable bonds is 5. The molecule has 0 aliphatic carbocycles. The number of sulfonamides is 1. The first-order chi connectivity index (χ1) is 12.3. The summed E-state index contributed by atoms with van der Waals surface area (Å²) in [6.45, 7) is 1.79. The van der Waals surface area contributed by atoms with Crippen molar-refractivity contribution in [3.05, 3.63) is 60.7 Å². The monoisotopic (exact) mass is 387 g/mol. The van der Waals surface area contributed by atoms with Crippen molar-refractivity contribution in [3.8, 4) is 0 Å². The summed E-state index contributed by atoms with van der Waals surface area (Å²) >= 11 is 1.35. The summed E-state index contributed by atoms with van der Waals surface area (Å²) in [6.07, 6.45) is 0. The van der Waals surface area contributed by atoms with Crippen molar-refractivity contribution >= 4 is 44.3 Å². The highest BCUT2D eigenvalue weighted by Gasteiger charge is 2.16. The molecule has 6 nitrogen and oxygen atoms in total. The molecule has 3 N–H and O–H groups in total. The van der Waals surface area contributed by atoms with Crippen molar-refractivity contribution in [2.45, 2.75) is 22.1 Å². The van der Waals surface area contributed by atoms with Crippen LogP contribution in [0.2, 0.25) is 0 Å². The number of nitrogens with one attached hydrogen (secondary N) is 1. The predicted octanol–water partition coefficient (Wildman–Crippen LogP) is 3.00. The Balaban J connectivity index is 1.67. The van der Waals surface area contributed by atoms with Crippen molar-refractivity contribution in [1.82, 2.24) is 4.98 Å². The summed E-state index contributed by atoms with van der Waals surface area (Å²) in [5, 5.41) is 9.24. The van der Waals surface area contributed by atoms with Gasteiger partial charge in [-0.2, -0.15) is 0 Å². The number of benzene rings is 2. The molecule has 0 spiro atoms. The Hall–Kier alpha value is -2.42. The quantitative estimate of drug-likeness (QED) is 0.655. The number of carbonyl (C=O) groups is 1. The molecule has 0 bridgehead atoms. The largest absolute Gasteiger partial charge is 0.325 e. The van der Waals surface area contributed by atoms with Crippen LogP contribution in [0, 0.1) is 0 Å². The minimum atomic E-state index is -3.75. The Morgan fingerprint density at radius 3 is 2.46 bits per heavy atom. The minimum Gasteiger partial charge on any atom is -0.325 e. The zero-order valence-corrected chi connectivity index (χ0v) is 15.5. The molecule has 2 aromatic carbocycles. The van der Waals surface area contributed by atoms with E-state index in [4.69, 9.17) is 5.14 Å². The Morgan fingerprint density at radius 1 is 1.08 bits per heavy atom. The first-order valence-electron chi connectivity index (χ1n) is 7.79. The van der Waals surface area contributed by atoms with Crippen LogP contribution in [0.5, 0.6) is 0 Å². The smallest absolute Gasteiger partial charge is 0.238 e. The molecule has 0 aliphatic rings. The summed E-state index contributed by atoms with van der Waals surface area (Å²) in [7, 11) is -3.75. The molecule has 1 amide bonds. The van der Waals surface area contributed by atoms with Crippen LogP contribution in [0.4, 0.5) is 5.69 Å². The fraction of sp³-hybridized carbons (Fsp3) is 0.111. The maximum Gasteiger partial charge on any atom is 0.238 e. The molecule has 3 aromatic rings. The SMILES string of the molecule is C[C@@H](Sc1ccc2ccccc2n1)C(=O)Nc1ccc(S(N)(=O)=O)cc1. The number of para-hydroxylation sites is 1. The first-order valence-corrected chi connectivity index (χ1v) is 10.2. The summed E-state index contributed by atoms with van der Waals surface area (Å²) < 4.78 is 22.5. The van der Waals surface area contributed by atoms with Gasteiger partial charge in [-0.1, -0.05) is 36.0 Å². The second-order valence-electron chi connectivity index (χ2n) is 5.66. The van der Waals surface area contributed by atoms with Crippen LogP contribution in [0.25, 0.3) is 10.9 Å². The van der Waals surface area contributed by atoms with Crippen molar-refractivity contribution < 1.29 is 13.2 Å². The van der Waals surface area contributed by atoms with Gasteiger partial charge >= 0.3 is 0 Å². The van der Waals surface area contributed by atoms with Crippen LogP contribution < -0.4 is 10.5 Å². The molecule has 0 saturated heterocycles. The number of hydrogen-bond acceptors (Lipinski definition) is 5. The fourth-order valence-electron chi connectivity index (χ4n) is 2.32. The average Bonchev–Trinajstić information content (AvgIpc) is 2.61. The third kappa shape index (κ3) is 4.40. The Morgan fingerprint density at radius 2 is 1.77 bits per heavy atom. The van der Waals surface area contributed by atoms with Crippen LogP contribution in [-0.2, 0) is 14.8 Å². The van der Waals surface area contributed by atoms with E-state index in [1.807, 2.05) is 36.4 Å². The van der Waals surface area contributed by atoms with Gasteiger partial charge in [0.15, 0.2) is 0 Å². The lowest BCUT2D eigenvalue weighted by molar-refractivity contribution is -0.115. The number of amides is 1. The zero-order chi connectivity index (χ0) is 18.7. The van der Waals surface area contributed by atoms with Gasteiger partial charge in [0.05, 0.1) is 20.7 Å². The van der Waals surface area contributed by atoms with Crippen molar-refractivity contribution in [3.63, 3.8) is 0 Å². The maximum atomic E-state index is 12.4. The Bertz CT molecular complexity index is 1050. The molecule has 134 valence electrons. The predicted molar refractivity (Wildman–Crippen MR) is 104 cm³/mol. The molecular formula is C18H17N3O3S2. The van der Waals surface area contributed by atoms with E-state index in [0.29, 0.717) is 5.69 Å². The van der Waals surface area contributed by atoms with Gasteiger partial charge < -0.3 is 5.32 Å². The summed E-state index contributed by atoms with van der Waals surface area (Å²) in [4.78, 5) is 16.9. The van der Waals surface area contributed by atoms with E-state index >= 15 is 0 Å². The molecule has 1 atom stereocenters. The van der Waals surface area contributed by atoms with Gasteiger partial charge in [-0.25, -0.2) is 18.5 Å². The number of primary sulfonamides is 1. The summed E-state index contributed by atoms with van der Waals surface area (Å²) in [6, 6.07) is 17.4. The number of thioether (sulfide) groups is 1. The molecule has 0 fully saturated rings. The lowest BCUT2D eigenvalue weighted by Gasteiger charge is -2.12. The van der Waals surface area contributed by atoms with Gasteiger partial charge in [0.2, 0.25) is 15.9 Å². The second-order valence-corrected chi connectivity index (χ2v) is 8.58. The third-order valence-corrected chi connectivity index (χ3v) is 5.66. The van der Waals surface area contributed by atoms with E-state index in [9.17, 15) is 13.2 Å². The molecule has 3 rings (SSSR count). The van der Waals surface area contributed by atoms with E-state index in [1.165, 1.54) is 36.0 Å². The van der Waals surface area contributed by atoms with Gasteiger partial charge in [0.25, 0.3) is 0 Å². The topological polar surface area (TPSA) is 102 Å². The molecule has 26 heavy (non-hydrogen) atoms. The van der Waals surface area contributed by atoms with Gasteiger partial charge in [-0.15, -0.1) is 0 Å². The van der Waals surface area contributed by atoms with Crippen molar-refractivity contribution in [2.75, 3.05) is 5.32 Å². The van der Waals surface area contributed by atoms with Crippen LogP contribution in [0.3, 0.4) is 0 Å². The average molecular weight is 387 g/mol. The van der Waals surface area contributed by atoms with Crippen molar-refractivity contribution in [1.29, 1.82) is 0 Å². The number of aromatic nitrogens is 1. The van der Waals surface area contributed by atoms with Crippen molar-refractivity contribution in [2.24, 2.45) is 5.14 Å². The number of pyridine rings is 1. The number of carbonyl (C=O) groups excluding carboxylic acids is 1. The van der Waals surface area contributed by atoms with Crippen LogP contribution >= 0.6 is 11.8 Å². The molecule has 0 aliphatic heterocycles. The number of hydrogen-bond donors (Lipinski definition) is 2. The number of fused-ring (bicyclic) bond motifs is 1. The summed E-state index contributed by atoms with van der Waals surface area (Å²) in [5.74, 6) is -0.201. The molecule has 1 aromatic heterocycles. The van der Waals surface area contributed by atoms with E-state index in [0.717, 1.165) is 15.9 Å². The minimum absolute atomic E-state index is 0.00159. The first kappa shape index (κ1) is 18.4. The zero-order valence-electron chi connectivity index (χ0n) is 13.9. The number of nitrogens with two attached hydrogens (primary N) is 1. The van der Waals surface area contributed by atoms with Crippen LogP contribution in [0.1, 0.15) is 6.92 Å². The molecule has 8 heteroatoms. The second kappa shape index (κ2) is 7.45. The van der Waals surface area contributed by atoms with Gasteiger partial charge in [0, 0.05) is 11.1 Å². The lowest BCUT2D eigenvalue weighted by Crippen LogP contribution is -2.22. The van der Waals surface area contributed by atoms with E-state index < -0.39 is 10.0 Å². The van der Waals surface area contributed by atoms with Gasteiger partial charge in [-0.3, -0.25) is 4.79 Å². The van der Waals surface area contributed by atoms with E-state index in [-0.39, 0.29) is 16.1 Å². The molecule has 1 heterocycles. The number of nitrogens with zero attached hydrogens (tertiary/aromatic N) is 1. The molecular weight excluding hydrogens is 370 g/mol. The Kier molecular flexibility index (Phi) is 5.26. The highest BCUT2D eigenvalue weighted by atomic mass is 32.2. The maximum absolute atomic E-state index is 12.4. The van der Waals surface area contributed by atoms with E-state index in [1.54, 1.807) is 6.92 Å². The molecule has 0 unspecified atom stereocenters. The standard InChI is InChI=1S/C18H17N3O3S2/c1-12(25-17-11-6-13-4-2-3-5-16(13)21-17)18(22)20-14-7-9-15(10-8-14)26(19,23)24/h2-12H,1H3,(H,20,22)(H2,19,23,24)/t12-/m1/s1. The highest BCUT2D eigenvalue weighted by Crippen LogP contribution is 2.25. The molecule has 0 saturated carbocycles. The summed E-state index contributed by atoms with van der Waals surface area (Å²) in [5.41, 5.74) is 1.38. The van der Waals surface area contributed by atoms with Gasteiger partial charge in [-0.05, 0) is 43.3 Å². The van der Waals surface area contributed by atoms with Crippen LogP contribution in [0.15, 0.2) is 70.6 Å². The van der Waals surface area contributed by atoms with E-state index in [2.05, 4.69) is 10.3 Å². The lowest BCUT2D eigenvalue weighted by atomic mass is 10.2. The van der Waals surface area contributed by atoms with Gasteiger partial charge in [0.1, 0.15) is 0 Å². The third-order valence-electron chi connectivity index (χ3n) is 3.69. The Labute approximate surface area is 155 Å². The van der Waals surface area contributed by atoms with Crippen LogP contribution in [-0.4, -0.2) is 24.6 Å². The molecule has 0 radical (unpaired) electrons. The highest BCUT2D eigenvalue weighted by molar-refractivity contribution is 8.00.